The van der Waals surface area contributed by atoms with Crippen LogP contribution in [-0.2, 0) is 9.53 Å². The van der Waals surface area contributed by atoms with Crippen LogP contribution in [0.2, 0.25) is 0 Å². The van der Waals surface area contributed by atoms with Crippen LogP contribution in [0.3, 0.4) is 0 Å². The summed E-state index contributed by atoms with van der Waals surface area (Å²) >= 11 is 3.35. The number of carbonyl (C=O) groups excluding carboxylic acids is 2. The summed E-state index contributed by atoms with van der Waals surface area (Å²) in [5.41, 5.74) is 4.40. The fourth-order valence-corrected chi connectivity index (χ4v) is 3.42. The second-order valence-corrected chi connectivity index (χ2v) is 7.99. The Morgan fingerprint density at radius 1 is 0.968 bits per heavy atom. The predicted octanol–water partition coefficient (Wildman–Crippen LogP) is 5.77. The van der Waals surface area contributed by atoms with Gasteiger partial charge < -0.3 is 10.1 Å². The van der Waals surface area contributed by atoms with E-state index in [9.17, 15) is 9.59 Å². The Morgan fingerprint density at radius 3 is 2.42 bits per heavy atom. The van der Waals surface area contributed by atoms with Gasteiger partial charge in [-0.3, -0.25) is 4.79 Å². The molecule has 0 unspecified atom stereocenters. The Labute approximate surface area is 188 Å². The number of anilines is 1. The largest absolute Gasteiger partial charge is 0.452 e. The molecular formula is C25H19BrN2O3. The van der Waals surface area contributed by atoms with Crippen LogP contribution in [0.25, 0.3) is 22.2 Å². The van der Waals surface area contributed by atoms with Crippen molar-refractivity contribution in [2.24, 2.45) is 0 Å². The third-order valence-electron chi connectivity index (χ3n) is 4.75. The Bertz CT molecular complexity index is 1250. The number of fused-ring (bicyclic) bond motifs is 1. The summed E-state index contributed by atoms with van der Waals surface area (Å²) in [5, 5.41) is 3.38. The number of hydrogen-bond donors (Lipinski definition) is 1. The maximum Gasteiger partial charge on any atom is 0.339 e. The summed E-state index contributed by atoms with van der Waals surface area (Å²) in [7, 11) is 0. The Kier molecular flexibility index (Phi) is 6.09. The zero-order valence-electron chi connectivity index (χ0n) is 16.8. The number of nitrogens with one attached hydrogen (secondary N) is 1. The number of nitrogens with zero attached hydrogens (tertiary/aromatic N) is 1. The van der Waals surface area contributed by atoms with Gasteiger partial charge in [-0.2, -0.15) is 0 Å². The van der Waals surface area contributed by atoms with Crippen LogP contribution < -0.4 is 5.32 Å². The molecule has 6 heteroatoms. The number of esters is 1. The molecule has 0 saturated carbocycles. The molecule has 4 rings (SSSR count). The third-order valence-corrected chi connectivity index (χ3v) is 5.27. The number of aromatic nitrogens is 1. The second kappa shape index (κ2) is 9.10. The average molecular weight is 475 g/mol. The zero-order valence-corrected chi connectivity index (χ0v) is 18.3. The van der Waals surface area contributed by atoms with Gasteiger partial charge in [0.2, 0.25) is 0 Å². The first-order chi connectivity index (χ1) is 15.0. The molecule has 4 aromatic rings. The SMILES string of the molecule is Cc1ccc(-c2cc(C(=O)OCC(=O)Nc3ccc(Br)cc3)c3ccccc3n2)cc1. The van der Waals surface area contributed by atoms with Gasteiger partial charge in [-0.15, -0.1) is 0 Å². The van der Waals surface area contributed by atoms with E-state index >= 15 is 0 Å². The summed E-state index contributed by atoms with van der Waals surface area (Å²) in [6, 6.07) is 24.2. The smallest absolute Gasteiger partial charge is 0.339 e. The maximum atomic E-state index is 12.9. The highest BCUT2D eigenvalue weighted by Gasteiger charge is 2.16. The van der Waals surface area contributed by atoms with Crippen LogP contribution in [0.1, 0.15) is 15.9 Å². The van der Waals surface area contributed by atoms with Crippen LogP contribution in [0.15, 0.2) is 83.3 Å². The zero-order chi connectivity index (χ0) is 21.8. The molecule has 0 radical (unpaired) electrons. The van der Waals surface area contributed by atoms with Crippen molar-refractivity contribution < 1.29 is 14.3 Å². The molecule has 154 valence electrons. The fraction of sp³-hybridized carbons (Fsp3) is 0.0800. The van der Waals surface area contributed by atoms with Gasteiger partial charge in [-0.1, -0.05) is 64.0 Å². The van der Waals surface area contributed by atoms with Gasteiger partial charge in [-0.05, 0) is 43.3 Å². The minimum Gasteiger partial charge on any atom is -0.452 e. The normalized spacial score (nSPS) is 10.6. The molecule has 0 saturated heterocycles. The monoisotopic (exact) mass is 474 g/mol. The van der Waals surface area contributed by atoms with Crippen LogP contribution in [-0.4, -0.2) is 23.5 Å². The van der Waals surface area contributed by atoms with Gasteiger partial charge >= 0.3 is 5.97 Å². The molecule has 1 aromatic heterocycles. The molecule has 0 fully saturated rings. The number of benzene rings is 3. The molecule has 0 aliphatic carbocycles. The van der Waals surface area contributed by atoms with E-state index in [2.05, 4.69) is 26.2 Å². The summed E-state index contributed by atoms with van der Waals surface area (Å²) in [4.78, 5) is 29.8. The standard InChI is InChI=1S/C25H19BrN2O3/c1-16-6-8-17(9-7-16)23-14-21(20-4-2-3-5-22(20)28-23)25(30)31-15-24(29)27-19-12-10-18(26)11-13-19/h2-14H,15H2,1H3,(H,27,29). The Hall–Kier alpha value is -3.51. The summed E-state index contributed by atoms with van der Waals surface area (Å²) in [5.74, 6) is -0.981. The van der Waals surface area contributed by atoms with E-state index < -0.39 is 11.9 Å². The minimum absolute atomic E-state index is 0.373. The van der Waals surface area contributed by atoms with Crippen molar-refractivity contribution in [3.05, 3.63) is 94.5 Å². The van der Waals surface area contributed by atoms with E-state index in [1.165, 1.54) is 0 Å². The molecule has 5 nitrogen and oxygen atoms in total. The summed E-state index contributed by atoms with van der Waals surface area (Å²) < 4.78 is 6.22. The molecule has 31 heavy (non-hydrogen) atoms. The van der Waals surface area contributed by atoms with Gasteiger partial charge in [0.1, 0.15) is 0 Å². The van der Waals surface area contributed by atoms with Crippen LogP contribution in [0.5, 0.6) is 0 Å². The lowest BCUT2D eigenvalue weighted by Gasteiger charge is -2.11. The van der Waals surface area contributed by atoms with Gasteiger partial charge in [0.25, 0.3) is 5.91 Å². The topological polar surface area (TPSA) is 68.3 Å². The predicted molar refractivity (Wildman–Crippen MR) is 125 cm³/mol. The number of halogens is 1. The Balaban J connectivity index is 1.55. The summed E-state index contributed by atoms with van der Waals surface area (Å²) in [6.07, 6.45) is 0. The van der Waals surface area contributed by atoms with E-state index in [-0.39, 0.29) is 6.61 Å². The number of pyridine rings is 1. The van der Waals surface area contributed by atoms with Crippen molar-refractivity contribution in [2.45, 2.75) is 6.92 Å². The van der Waals surface area contributed by atoms with E-state index in [1.54, 1.807) is 18.2 Å². The molecule has 0 spiro atoms. The highest BCUT2D eigenvalue weighted by atomic mass is 79.9. The summed E-state index contributed by atoms with van der Waals surface area (Å²) in [6.45, 7) is 1.63. The van der Waals surface area contributed by atoms with E-state index in [0.717, 1.165) is 15.6 Å². The highest BCUT2D eigenvalue weighted by molar-refractivity contribution is 9.10. The molecule has 0 bridgehead atoms. The Morgan fingerprint density at radius 2 is 1.68 bits per heavy atom. The van der Waals surface area contributed by atoms with Crippen molar-refractivity contribution in [1.82, 2.24) is 4.98 Å². The number of carbonyl (C=O) groups is 2. The lowest BCUT2D eigenvalue weighted by molar-refractivity contribution is -0.119. The molecule has 0 aliphatic rings. The van der Waals surface area contributed by atoms with Gasteiger partial charge in [-0.25, -0.2) is 9.78 Å². The highest BCUT2D eigenvalue weighted by Crippen LogP contribution is 2.26. The van der Waals surface area contributed by atoms with E-state index in [4.69, 9.17) is 4.74 Å². The maximum absolute atomic E-state index is 12.9. The van der Waals surface area contributed by atoms with Gasteiger partial charge in [0, 0.05) is 21.1 Å². The molecule has 1 heterocycles. The number of rotatable bonds is 5. The molecule has 0 atom stereocenters. The number of hydrogen-bond acceptors (Lipinski definition) is 4. The van der Waals surface area contributed by atoms with Crippen LogP contribution >= 0.6 is 15.9 Å². The van der Waals surface area contributed by atoms with Crippen molar-refractivity contribution in [1.29, 1.82) is 0 Å². The van der Waals surface area contributed by atoms with E-state index in [0.29, 0.717) is 27.8 Å². The van der Waals surface area contributed by atoms with Crippen LogP contribution in [0, 0.1) is 6.92 Å². The van der Waals surface area contributed by atoms with E-state index in [1.807, 2.05) is 67.6 Å². The van der Waals surface area contributed by atoms with Crippen LogP contribution in [0.4, 0.5) is 5.69 Å². The molecule has 3 aromatic carbocycles. The first kappa shape index (κ1) is 20.8. The molecule has 1 N–H and O–H groups in total. The van der Waals surface area contributed by atoms with Gasteiger partial charge in [0.15, 0.2) is 6.61 Å². The van der Waals surface area contributed by atoms with Crippen molar-refractivity contribution in [3.8, 4) is 11.3 Å². The molecule has 1 amide bonds. The first-order valence-corrected chi connectivity index (χ1v) is 10.5. The average Bonchev–Trinajstić information content (AvgIpc) is 2.79. The number of aryl methyl sites for hydroxylation is 1. The third kappa shape index (κ3) is 4.98. The number of amides is 1. The molecular weight excluding hydrogens is 456 g/mol. The fourth-order valence-electron chi connectivity index (χ4n) is 3.16. The number of ether oxygens (including phenoxy) is 1. The lowest BCUT2D eigenvalue weighted by Crippen LogP contribution is -2.21. The number of para-hydroxylation sites is 1. The van der Waals surface area contributed by atoms with Crippen molar-refractivity contribution >= 4 is 44.4 Å². The molecule has 0 aliphatic heterocycles. The van der Waals surface area contributed by atoms with Crippen molar-refractivity contribution in [3.63, 3.8) is 0 Å². The minimum atomic E-state index is -0.571. The second-order valence-electron chi connectivity index (χ2n) is 7.07. The first-order valence-electron chi connectivity index (χ1n) is 9.69. The lowest BCUT2D eigenvalue weighted by atomic mass is 10.0. The van der Waals surface area contributed by atoms with Gasteiger partial charge in [0.05, 0.1) is 16.8 Å². The van der Waals surface area contributed by atoms with Crippen molar-refractivity contribution in [2.75, 3.05) is 11.9 Å². The quantitative estimate of drug-likeness (QED) is 0.373.